The average Bonchev–Trinajstić information content (AvgIpc) is 3.71. The minimum Gasteiger partial charge on any atom is -0.481 e. The lowest BCUT2D eigenvalue weighted by atomic mass is 9.97. The van der Waals surface area contributed by atoms with Crippen LogP contribution in [0.2, 0.25) is 10.0 Å². The molecule has 0 bridgehead atoms. The molecule has 0 radical (unpaired) electrons. The van der Waals surface area contributed by atoms with E-state index >= 15 is 0 Å². The van der Waals surface area contributed by atoms with Gasteiger partial charge in [0.05, 0.1) is 28.5 Å². The van der Waals surface area contributed by atoms with Gasteiger partial charge in [-0.3, -0.25) is 19.5 Å². The van der Waals surface area contributed by atoms with Crippen molar-refractivity contribution in [2.75, 3.05) is 26.7 Å². The van der Waals surface area contributed by atoms with E-state index in [1.807, 2.05) is 54.6 Å². The zero-order chi connectivity index (χ0) is 33.2. The molecule has 248 valence electrons. The van der Waals surface area contributed by atoms with Crippen molar-refractivity contribution >= 4 is 35.0 Å². The second-order valence-corrected chi connectivity index (χ2v) is 13.5. The van der Waals surface area contributed by atoms with Gasteiger partial charge in [0.2, 0.25) is 17.7 Å². The Balaban J connectivity index is 1.09. The largest absolute Gasteiger partial charge is 0.481 e. The Morgan fingerprint density at radius 2 is 1.44 bits per heavy atom. The Morgan fingerprint density at radius 3 is 2.08 bits per heavy atom. The number of aromatic nitrogens is 2. The van der Waals surface area contributed by atoms with E-state index in [1.54, 1.807) is 7.11 Å². The number of benzene rings is 2. The summed E-state index contributed by atoms with van der Waals surface area (Å²) in [5.74, 6) is 0.775. The van der Waals surface area contributed by atoms with Crippen LogP contribution in [0.1, 0.15) is 42.5 Å². The molecule has 4 aromatic rings. The SMILES string of the molecule is COc1nc(-c2cccc(-c3cccc(-c4ccc5c(n4)CCN(C[C@@H]4CCC(=O)N4)C5)c3Cl)c2Cl)ccc1CNC[C@H]1CCC(=O)N1. The molecule has 7 rings (SSSR count). The van der Waals surface area contributed by atoms with Gasteiger partial charge in [-0.2, -0.15) is 0 Å². The van der Waals surface area contributed by atoms with Crippen LogP contribution in [0.15, 0.2) is 60.7 Å². The van der Waals surface area contributed by atoms with Gasteiger partial charge in [0.25, 0.3) is 0 Å². The molecule has 48 heavy (non-hydrogen) atoms. The Bertz CT molecular complexity index is 1780. The molecule has 2 atom stereocenters. The van der Waals surface area contributed by atoms with Crippen LogP contribution in [-0.2, 0) is 29.1 Å². The van der Waals surface area contributed by atoms with Gasteiger partial charge >= 0.3 is 0 Å². The van der Waals surface area contributed by atoms with Crippen molar-refractivity contribution in [1.29, 1.82) is 0 Å². The van der Waals surface area contributed by atoms with Gasteiger partial charge in [-0.15, -0.1) is 0 Å². The molecule has 9 nitrogen and oxygen atoms in total. The number of amides is 2. The summed E-state index contributed by atoms with van der Waals surface area (Å²) >= 11 is 14.2. The molecule has 5 heterocycles. The van der Waals surface area contributed by atoms with Crippen molar-refractivity contribution in [1.82, 2.24) is 30.8 Å². The number of carbonyl (C=O) groups excluding carboxylic acids is 2. The summed E-state index contributed by atoms with van der Waals surface area (Å²) < 4.78 is 5.65. The number of nitrogens with one attached hydrogen (secondary N) is 3. The van der Waals surface area contributed by atoms with Crippen molar-refractivity contribution in [3.8, 4) is 39.5 Å². The highest BCUT2D eigenvalue weighted by Gasteiger charge is 2.26. The fourth-order valence-corrected chi connectivity index (χ4v) is 7.57. The van der Waals surface area contributed by atoms with Gasteiger partial charge in [-0.1, -0.05) is 71.7 Å². The Kier molecular flexibility index (Phi) is 9.64. The van der Waals surface area contributed by atoms with E-state index in [-0.39, 0.29) is 23.9 Å². The molecule has 0 saturated carbocycles. The maximum absolute atomic E-state index is 11.6. The minimum atomic E-state index is 0.105. The maximum atomic E-state index is 11.6. The molecule has 2 aromatic heterocycles. The van der Waals surface area contributed by atoms with Gasteiger partial charge in [0.1, 0.15) is 0 Å². The smallest absolute Gasteiger partial charge is 0.220 e. The van der Waals surface area contributed by atoms with Crippen molar-refractivity contribution in [3.05, 3.63) is 87.5 Å². The summed E-state index contributed by atoms with van der Waals surface area (Å²) in [6.07, 6.45) is 3.79. The molecule has 11 heteroatoms. The summed E-state index contributed by atoms with van der Waals surface area (Å²) in [6, 6.07) is 20.3. The first-order valence-corrected chi connectivity index (χ1v) is 17.2. The average molecular weight is 686 g/mol. The molecular formula is C37H38Cl2N6O3. The molecule has 0 unspecified atom stereocenters. The topological polar surface area (TPSA) is 108 Å². The molecule has 2 amide bonds. The second kappa shape index (κ2) is 14.2. The van der Waals surface area contributed by atoms with Gasteiger partial charge in [0, 0.05) is 97.6 Å². The lowest BCUT2D eigenvalue weighted by Crippen LogP contribution is -2.41. The fourth-order valence-electron chi connectivity index (χ4n) is 6.92. The van der Waals surface area contributed by atoms with Gasteiger partial charge in [-0.05, 0) is 30.5 Å². The monoisotopic (exact) mass is 684 g/mol. The molecule has 0 aliphatic carbocycles. The van der Waals surface area contributed by atoms with Crippen LogP contribution in [0.25, 0.3) is 33.6 Å². The molecule has 3 aliphatic heterocycles. The van der Waals surface area contributed by atoms with Gasteiger partial charge in [-0.25, -0.2) is 4.98 Å². The van der Waals surface area contributed by atoms with E-state index in [4.69, 9.17) is 37.9 Å². The highest BCUT2D eigenvalue weighted by Crippen LogP contribution is 2.42. The molecule has 3 aliphatic rings. The first-order valence-electron chi connectivity index (χ1n) is 16.5. The van der Waals surface area contributed by atoms with Crippen LogP contribution >= 0.6 is 23.2 Å². The number of methoxy groups -OCH3 is 1. The van der Waals surface area contributed by atoms with E-state index in [0.29, 0.717) is 47.6 Å². The normalized spacial score (nSPS) is 19.2. The summed E-state index contributed by atoms with van der Waals surface area (Å²) in [5, 5.41) is 10.6. The number of carbonyl (C=O) groups is 2. The predicted molar refractivity (Wildman–Crippen MR) is 188 cm³/mol. The van der Waals surface area contributed by atoms with Crippen molar-refractivity contribution in [2.24, 2.45) is 0 Å². The van der Waals surface area contributed by atoms with Crippen molar-refractivity contribution < 1.29 is 14.3 Å². The third kappa shape index (κ3) is 6.91. The number of ether oxygens (including phenoxy) is 1. The van der Waals surface area contributed by atoms with Crippen LogP contribution in [0.5, 0.6) is 5.88 Å². The summed E-state index contributed by atoms with van der Waals surface area (Å²) in [4.78, 5) is 35.4. The Hall–Kier alpha value is -4.02. The number of nitrogens with zero attached hydrogens (tertiary/aromatic N) is 3. The number of hydrogen-bond acceptors (Lipinski definition) is 7. The minimum absolute atomic E-state index is 0.105. The molecular weight excluding hydrogens is 647 g/mol. The summed E-state index contributed by atoms with van der Waals surface area (Å²) in [5.41, 5.74) is 7.99. The van der Waals surface area contributed by atoms with E-state index < -0.39 is 0 Å². The Morgan fingerprint density at radius 1 is 0.812 bits per heavy atom. The number of fused-ring (bicyclic) bond motifs is 1. The first-order chi connectivity index (χ1) is 23.4. The number of halogens is 2. The lowest BCUT2D eigenvalue weighted by Gasteiger charge is -2.30. The van der Waals surface area contributed by atoms with Gasteiger partial charge < -0.3 is 20.7 Å². The third-order valence-electron chi connectivity index (χ3n) is 9.45. The van der Waals surface area contributed by atoms with Crippen LogP contribution in [0, 0.1) is 0 Å². The zero-order valence-electron chi connectivity index (χ0n) is 26.8. The standard InChI is InChI=1S/C37H38Cl2N6O3/c1-48-37-22(18-40-19-24-10-14-33(46)41-24)8-12-32(44-37)29-7-3-5-27(36(29)39)26-4-2-6-28(35(26)38)31-13-9-23-20-45(17-16-30(23)43-31)21-25-11-15-34(47)42-25/h2-9,12-13,24-25,40H,10-11,14-21H2,1H3,(H,41,46)(H,42,47)/t24-,25+/m1/s1. The van der Waals surface area contributed by atoms with Gasteiger partial charge in [0.15, 0.2) is 0 Å². The zero-order valence-corrected chi connectivity index (χ0v) is 28.3. The van der Waals surface area contributed by atoms with E-state index in [9.17, 15) is 9.59 Å². The number of pyridine rings is 2. The molecule has 2 saturated heterocycles. The lowest BCUT2D eigenvalue weighted by molar-refractivity contribution is -0.120. The van der Waals surface area contributed by atoms with E-state index in [1.165, 1.54) is 5.56 Å². The predicted octanol–water partition coefficient (Wildman–Crippen LogP) is 5.80. The van der Waals surface area contributed by atoms with Crippen molar-refractivity contribution in [2.45, 2.75) is 57.3 Å². The highest BCUT2D eigenvalue weighted by atomic mass is 35.5. The molecule has 3 N–H and O–H groups in total. The molecule has 2 fully saturated rings. The van der Waals surface area contributed by atoms with Crippen LogP contribution in [-0.4, -0.2) is 65.5 Å². The first kappa shape index (κ1) is 32.5. The van der Waals surface area contributed by atoms with Crippen molar-refractivity contribution in [3.63, 3.8) is 0 Å². The highest BCUT2D eigenvalue weighted by molar-refractivity contribution is 6.39. The fraction of sp³-hybridized carbons (Fsp3) is 0.351. The van der Waals surface area contributed by atoms with Crippen LogP contribution < -0.4 is 20.7 Å². The molecule has 0 spiro atoms. The van der Waals surface area contributed by atoms with Crippen LogP contribution in [0.3, 0.4) is 0 Å². The van der Waals surface area contributed by atoms with Crippen LogP contribution in [0.4, 0.5) is 0 Å². The Labute approximate surface area is 290 Å². The quantitative estimate of drug-likeness (QED) is 0.194. The maximum Gasteiger partial charge on any atom is 0.220 e. The van der Waals surface area contributed by atoms with E-state index in [2.05, 4.69) is 26.9 Å². The summed E-state index contributed by atoms with van der Waals surface area (Å²) in [7, 11) is 1.61. The number of rotatable bonds is 10. The second-order valence-electron chi connectivity index (χ2n) is 12.7. The summed E-state index contributed by atoms with van der Waals surface area (Å²) in [6.45, 7) is 3.84. The molecule has 2 aromatic carbocycles. The number of hydrogen-bond donors (Lipinski definition) is 3. The van der Waals surface area contributed by atoms with E-state index in [0.717, 1.165) is 78.1 Å². The third-order valence-corrected chi connectivity index (χ3v) is 10.3.